The molecule has 0 aliphatic heterocycles. The summed E-state index contributed by atoms with van der Waals surface area (Å²) >= 11 is -5.05. The molecule has 272 valence electrons. The predicted molar refractivity (Wildman–Crippen MR) is 200 cm³/mol. The second-order valence-corrected chi connectivity index (χ2v) is 19.7. The second kappa shape index (κ2) is 16.1. The summed E-state index contributed by atoms with van der Waals surface area (Å²) in [6, 6.07) is 15.8. The van der Waals surface area contributed by atoms with Crippen molar-refractivity contribution in [1.82, 2.24) is 10.6 Å². The van der Waals surface area contributed by atoms with Crippen molar-refractivity contribution in [2.24, 2.45) is 0 Å². The van der Waals surface area contributed by atoms with Crippen LogP contribution in [0, 0.1) is 51.0 Å². The molecule has 0 saturated heterocycles. The number of carbonyl (C=O) groups is 2. The molecule has 2 N–H and O–H groups in total. The number of allylic oxidation sites excluding steroid dienone is 8. The van der Waals surface area contributed by atoms with Gasteiger partial charge in [-0.25, -0.2) is 0 Å². The van der Waals surface area contributed by atoms with Crippen molar-refractivity contribution < 1.29 is 43.7 Å². The predicted octanol–water partition coefficient (Wildman–Crippen LogP) is 8.21. The summed E-state index contributed by atoms with van der Waals surface area (Å²) < 4.78 is 67.9. The van der Waals surface area contributed by atoms with Crippen molar-refractivity contribution in [3.05, 3.63) is 173 Å². The average Bonchev–Trinajstić information content (AvgIpc) is 3.88. The van der Waals surface area contributed by atoms with Crippen LogP contribution in [0.5, 0.6) is 0 Å². The van der Waals surface area contributed by atoms with E-state index < -0.39 is 39.9 Å². The topological polar surface area (TPSA) is 58.2 Å². The first-order valence-electron chi connectivity index (χ1n) is 17.8. The van der Waals surface area contributed by atoms with Gasteiger partial charge >= 0.3 is 313 Å². The van der Waals surface area contributed by atoms with E-state index in [0.29, 0.717) is 31.7 Å². The van der Waals surface area contributed by atoms with E-state index in [1.807, 2.05) is 52.0 Å². The van der Waals surface area contributed by atoms with E-state index in [9.17, 15) is 9.59 Å². The van der Waals surface area contributed by atoms with E-state index in [1.54, 1.807) is 48.6 Å². The first-order chi connectivity index (χ1) is 25.4. The molecule has 6 rings (SSSR count). The van der Waals surface area contributed by atoms with Crippen molar-refractivity contribution in [3.8, 4) is 0 Å². The van der Waals surface area contributed by atoms with Gasteiger partial charge in [-0.3, -0.25) is 0 Å². The van der Waals surface area contributed by atoms with Crippen LogP contribution >= 0.6 is 0 Å². The van der Waals surface area contributed by atoms with Crippen LogP contribution in [0.25, 0.3) is 0 Å². The van der Waals surface area contributed by atoms with Gasteiger partial charge in [0.05, 0.1) is 0 Å². The van der Waals surface area contributed by atoms with Crippen LogP contribution in [0.1, 0.15) is 66.9 Å². The minimum absolute atomic E-state index is 0.0355. The number of rotatable bonds is 12. The zero-order valence-electron chi connectivity index (χ0n) is 30.3. The van der Waals surface area contributed by atoms with Crippen molar-refractivity contribution in [2.75, 3.05) is 13.1 Å². The van der Waals surface area contributed by atoms with E-state index in [-0.39, 0.29) is 56.6 Å². The zero-order chi connectivity index (χ0) is 37.9. The van der Waals surface area contributed by atoms with Crippen LogP contribution in [-0.4, -0.2) is 24.9 Å². The van der Waals surface area contributed by atoms with Gasteiger partial charge < -0.3 is 0 Å². The third-order valence-electron chi connectivity index (χ3n) is 10.5. The molecule has 0 radical (unpaired) electrons. The fraction of sp³-hybridized carbons (Fsp3) is 0.227. The van der Waals surface area contributed by atoms with E-state index in [0.717, 1.165) is 22.3 Å². The zero-order valence-corrected chi connectivity index (χ0v) is 31.9. The van der Waals surface area contributed by atoms with E-state index in [2.05, 4.69) is 10.6 Å². The Morgan fingerprint density at radius 3 is 1.36 bits per heavy atom. The van der Waals surface area contributed by atoms with Crippen LogP contribution < -0.4 is 18.4 Å². The monoisotopic (exact) mass is 754 g/mol. The normalized spacial score (nSPS) is 13.7. The summed E-state index contributed by atoms with van der Waals surface area (Å²) in [5.74, 6) is -4.07. The molecule has 53 heavy (non-hydrogen) atoms. The van der Waals surface area contributed by atoms with Crippen molar-refractivity contribution in [2.45, 2.75) is 53.4 Å². The summed E-state index contributed by atoms with van der Waals surface area (Å²) in [5.41, 5.74) is 5.25. The number of benzene rings is 4. The summed E-state index contributed by atoms with van der Waals surface area (Å²) in [4.78, 5) is 25.8. The second-order valence-electron chi connectivity index (χ2n) is 13.8. The molecule has 4 nitrogen and oxygen atoms in total. The van der Waals surface area contributed by atoms with Gasteiger partial charge in [0.15, 0.2) is 0 Å². The Hall–Kier alpha value is -4.79. The molecule has 0 bridgehead atoms. The Kier molecular flexibility index (Phi) is 11.5. The van der Waals surface area contributed by atoms with Gasteiger partial charge in [0, 0.05) is 0 Å². The molecule has 2 amide bonds. The molecule has 0 aromatic heterocycles. The average molecular weight is 755 g/mol. The van der Waals surface area contributed by atoms with E-state index in [4.69, 9.17) is 0 Å². The molecule has 0 spiro atoms. The Morgan fingerprint density at radius 2 is 1.00 bits per heavy atom. The number of halogens is 4. The summed E-state index contributed by atoms with van der Waals surface area (Å²) in [5, 5.41) is 5.66. The minimum atomic E-state index is -5.05. The van der Waals surface area contributed by atoms with Gasteiger partial charge in [0.2, 0.25) is 0 Å². The number of hydrogen-bond donors (Lipinski definition) is 2. The Labute approximate surface area is 311 Å². The van der Waals surface area contributed by atoms with Gasteiger partial charge in [0.25, 0.3) is 0 Å². The van der Waals surface area contributed by atoms with Crippen molar-refractivity contribution in [1.29, 1.82) is 0 Å². The first-order valence-corrected chi connectivity index (χ1v) is 20.9. The molecule has 9 heteroatoms. The number of amides is 2. The summed E-state index contributed by atoms with van der Waals surface area (Å²) in [6.07, 6.45) is 11.4. The van der Waals surface area contributed by atoms with Crippen LogP contribution in [0.3, 0.4) is 0 Å². The maximum absolute atomic E-state index is 17.1. The van der Waals surface area contributed by atoms with Crippen molar-refractivity contribution in [3.63, 3.8) is 0 Å². The van der Waals surface area contributed by atoms with Gasteiger partial charge in [-0.2, -0.15) is 0 Å². The van der Waals surface area contributed by atoms with E-state index >= 15 is 17.6 Å². The fourth-order valence-corrected chi connectivity index (χ4v) is 15.6. The third kappa shape index (κ3) is 7.53. The molecule has 4 aromatic carbocycles. The number of carbonyl (C=O) groups excluding carboxylic acids is 2. The third-order valence-corrected chi connectivity index (χ3v) is 18.4. The Balaban J connectivity index is 1.37. The van der Waals surface area contributed by atoms with Gasteiger partial charge in [-0.1, -0.05) is 0 Å². The summed E-state index contributed by atoms with van der Waals surface area (Å²) in [6.45, 7) is 7.86. The maximum atomic E-state index is 17.1. The van der Waals surface area contributed by atoms with Crippen LogP contribution in [0.15, 0.2) is 105 Å². The number of aryl methyl sites for hydroxylation is 4. The number of nitrogens with one attached hydrogen (secondary N) is 2. The Morgan fingerprint density at radius 1 is 0.585 bits per heavy atom. The molecule has 2 aliphatic carbocycles. The summed E-state index contributed by atoms with van der Waals surface area (Å²) in [7, 11) is 0. The number of hydrogen-bond acceptors (Lipinski definition) is 2. The molecule has 0 unspecified atom stereocenters. The van der Waals surface area contributed by atoms with Crippen molar-refractivity contribution >= 4 is 19.6 Å². The molecular weight excluding hydrogens is 712 g/mol. The first kappa shape index (κ1) is 38.0. The van der Waals surface area contributed by atoms with Crippen LogP contribution in [0.4, 0.5) is 17.6 Å². The molecule has 0 heterocycles. The van der Waals surface area contributed by atoms with Gasteiger partial charge in [0.1, 0.15) is 0 Å². The van der Waals surface area contributed by atoms with Crippen LogP contribution in [-0.2, 0) is 29.4 Å². The van der Waals surface area contributed by atoms with Crippen LogP contribution in [0.2, 0.25) is 0 Å². The van der Waals surface area contributed by atoms with E-state index in [1.165, 1.54) is 24.3 Å². The molecule has 0 saturated carbocycles. The molecule has 0 atom stereocenters. The Bertz CT molecular complexity index is 2080. The SMILES string of the molecule is Cc1ccc(C(=O)NCCc2ccc(F)[c]([Ti]([C]3=CC=CC3)([C]3=CC=CC3)[c]3c(F)ccc(CCNC(=O)c4ccc(C)c(C)c4)c3F)c2F)cc1C. The standard InChI is InChI=1S/2C17H16F2NO.2C5H5.Ti/c2*1-11-3-4-14(9-12(11)2)17(21)20-8-7-13-5-6-15(18)10-16(13)19;2*1-2-4-5-3-1;/h2*3-6,9H,7-8H2,1-2H3,(H,20,21);2*1-3H,4H2;. The molecule has 0 fully saturated rings. The molecule has 4 aromatic rings. The van der Waals surface area contributed by atoms with Gasteiger partial charge in [-0.05, 0) is 0 Å². The molecular formula is C44H42F4N2O2Ti. The van der Waals surface area contributed by atoms with Gasteiger partial charge in [-0.15, -0.1) is 0 Å². The molecule has 2 aliphatic rings. The quantitative estimate of drug-likeness (QED) is 0.113. The fourth-order valence-electron chi connectivity index (χ4n) is 7.28.